The molecule has 0 aliphatic rings. The lowest BCUT2D eigenvalue weighted by Crippen LogP contribution is -2.14. The second kappa shape index (κ2) is 5.99. The van der Waals surface area contributed by atoms with Crippen molar-refractivity contribution >= 4 is 17.3 Å². The number of carbonyl (C=O) groups is 1. The number of nitrogens with zero attached hydrogens (tertiary/aromatic N) is 3. The lowest BCUT2D eigenvalue weighted by Gasteiger charge is -2.08. The van der Waals surface area contributed by atoms with Crippen LogP contribution in [0.25, 0.3) is 0 Å². The zero-order chi connectivity index (χ0) is 15.4. The van der Waals surface area contributed by atoms with Crippen molar-refractivity contribution < 1.29 is 14.5 Å². The maximum absolute atomic E-state index is 12.0. The molecule has 9 nitrogen and oxygen atoms in total. The summed E-state index contributed by atoms with van der Waals surface area (Å²) in [5.41, 5.74) is 0.0230. The molecule has 0 saturated carbocycles. The first-order valence-corrected chi connectivity index (χ1v) is 6.10. The van der Waals surface area contributed by atoms with Gasteiger partial charge in [0.25, 0.3) is 11.6 Å². The summed E-state index contributed by atoms with van der Waals surface area (Å²) in [6, 6.07) is 3.91. The zero-order valence-electron chi connectivity index (χ0n) is 11.4. The van der Waals surface area contributed by atoms with Gasteiger partial charge in [-0.15, -0.1) is 5.10 Å². The highest BCUT2D eigenvalue weighted by atomic mass is 16.6. The van der Waals surface area contributed by atoms with E-state index in [4.69, 9.17) is 4.74 Å². The lowest BCUT2D eigenvalue weighted by molar-refractivity contribution is -0.384. The minimum atomic E-state index is -0.579. The molecule has 0 radical (unpaired) electrons. The number of anilines is 1. The zero-order valence-corrected chi connectivity index (χ0v) is 11.4. The number of hydrogen-bond acceptors (Lipinski definition) is 6. The standard InChI is InChI=1S/C12H13N5O4/c1-3-10-14-11(16-15-10)12(18)13-8-6-7(17(19)20)4-5-9(8)21-2/h4-6H,3H2,1-2H3,(H,13,18)(H,14,15,16). The van der Waals surface area contributed by atoms with E-state index >= 15 is 0 Å². The lowest BCUT2D eigenvalue weighted by atomic mass is 10.2. The second-order valence-electron chi connectivity index (χ2n) is 4.06. The number of benzene rings is 1. The number of nitrogens with one attached hydrogen (secondary N) is 2. The van der Waals surface area contributed by atoms with Gasteiger partial charge < -0.3 is 10.1 Å². The van der Waals surface area contributed by atoms with Gasteiger partial charge in [-0.1, -0.05) is 6.92 Å². The number of nitro benzene ring substituents is 1. The van der Waals surface area contributed by atoms with E-state index in [-0.39, 0.29) is 17.2 Å². The maximum atomic E-state index is 12.0. The molecular weight excluding hydrogens is 278 g/mol. The fourth-order valence-electron chi connectivity index (χ4n) is 1.64. The summed E-state index contributed by atoms with van der Waals surface area (Å²) >= 11 is 0. The highest BCUT2D eigenvalue weighted by molar-refractivity contribution is 6.02. The van der Waals surface area contributed by atoms with E-state index in [2.05, 4.69) is 20.5 Å². The topological polar surface area (TPSA) is 123 Å². The average molecular weight is 291 g/mol. The predicted octanol–water partition coefficient (Wildman–Crippen LogP) is 1.54. The number of hydrogen-bond donors (Lipinski definition) is 2. The predicted molar refractivity (Wildman–Crippen MR) is 73.4 cm³/mol. The molecule has 0 spiro atoms. The van der Waals surface area contributed by atoms with E-state index in [1.54, 1.807) is 0 Å². The quantitative estimate of drug-likeness (QED) is 0.636. The van der Waals surface area contributed by atoms with Crippen LogP contribution < -0.4 is 10.1 Å². The van der Waals surface area contributed by atoms with E-state index in [0.717, 1.165) is 0 Å². The SMILES string of the molecule is CCc1nc(C(=O)Nc2cc([N+](=O)[O-])ccc2OC)n[nH]1. The van der Waals surface area contributed by atoms with Crippen LogP contribution in [0.2, 0.25) is 0 Å². The Morgan fingerprint density at radius 3 is 2.86 bits per heavy atom. The third-order valence-corrected chi connectivity index (χ3v) is 2.71. The minimum Gasteiger partial charge on any atom is -0.495 e. The first-order valence-electron chi connectivity index (χ1n) is 6.10. The summed E-state index contributed by atoms with van der Waals surface area (Å²) in [6.45, 7) is 1.87. The maximum Gasteiger partial charge on any atom is 0.295 e. The molecule has 21 heavy (non-hydrogen) atoms. The molecule has 0 saturated heterocycles. The number of carbonyl (C=O) groups excluding carboxylic acids is 1. The van der Waals surface area contributed by atoms with Gasteiger partial charge in [-0.05, 0) is 6.07 Å². The fraction of sp³-hybridized carbons (Fsp3) is 0.250. The molecular formula is C12H13N5O4. The Morgan fingerprint density at radius 1 is 1.52 bits per heavy atom. The van der Waals surface area contributed by atoms with E-state index in [0.29, 0.717) is 18.0 Å². The van der Waals surface area contributed by atoms with E-state index < -0.39 is 10.8 Å². The smallest absolute Gasteiger partial charge is 0.295 e. The van der Waals surface area contributed by atoms with Crippen LogP contribution in [0, 0.1) is 10.1 Å². The number of aromatic nitrogens is 3. The summed E-state index contributed by atoms with van der Waals surface area (Å²) < 4.78 is 5.06. The Labute approximate surface area is 119 Å². The number of nitro groups is 1. The van der Waals surface area contributed by atoms with Gasteiger partial charge in [0.2, 0.25) is 5.82 Å². The Hall–Kier alpha value is -2.97. The van der Waals surface area contributed by atoms with Crippen molar-refractivity contribution in [2.75, 3.05) is 12.4 Å². The summed E-state index contributed by atoms with van der Waals surface area (Å²) in [4.78, 5) is 26.2. The molecule has 0 bridgehead atoms. The van der Waals surface area contributed by atoms with E-state index in [9.17, 15) is 14.9 Å². The van der Waals surface area contributed by atoms with Gasteiger partial charge in [0.15, 0.2) is 0 Å². The molecule has 0 atom stereocenters. The van der Waals surface area contributed by atoms with Gasteiger partial charge in [0.05, 0.1) is 17.7 Å². The molecule has 2 aromatic rings. The van der Waals surface area contributed by atoms with Crippen LogP contribution in [0.3, 0.4) is 0 Å². The van der Waals surface area contributed by atoms with Gasteiger partial charge >= 0.3 is 0 Å². The first kappa shape index (κ1) is 14.4. The Balaban J connectivity index is 2.26. The molecule has 1 heterocycles. The number of non-ortho nitro benzene ring substituents is 1. The van der Waals surface area contributed by atoms with Crippen LogP contribution >= 0.6 is 0 Å². The molecule has 1 aromatic carbocycles. The van der Waals surface area contributed by atoms with Crippen molar-refractivity contribution in [3.63, 3.8) is 0 Å². The Bertz CT molecular complexity index is 682. The van der Waals surface area contributed by atoms with Crippen molar-refractivity contribution in [1.29, 1.82) is 0 Å². The number of methoxy groups -OCH3 is 1. The highest BCUT2D eigenvalue weighted by Crippen LogP contribution is 2.29. The molecule has 1 amide bonds. The molecule has 2 N–H and O–H groups in total. The van der Waals surface area contributed by atoms with E-state index in [1.807, 2.05) is 6.92 Å². The van der Waals surface area contributed by atoms with Crippen molar-refractivity contribution in [1.82, 2.24) is 15.2 Å². The first-order chi connectivity index (χ1) is 10.0. The van der Waals surface area contributed by atoms with Gasteiger partial charge in [-0.3, -0.25) is 20.0 Å². The summed E-state index contributed by atoms with van der Waals surface area (Å²) in [5, 5.41) is 19.7. The van der Waals surface area contributed by atoms with Crippen LogP contribution in [0.1, 0.15) is 23.4 Å². The normalized spacial score (nSPS) is 10.2. The van der Waals surface area contributed by atoms with Crippen LogP contribution in [-0.2, 0) is 6.42 Å². The molecule has 0 aliphatic carbocycles. The molecule has 0 unspecified atom stereocenters. The molecule has 2 rings (SSSR count). The largest absolute Gasteiger partial charge is 0.495 e. The Kier molecular flexibility index (Phi) is 4.12. The van der Waals surface area contributed by atoms with Crippen molar-refractivity contribution in [2.24, 2.45) is 0 Å². The number of ether oxygens (including phenoxy) is 1. The van der Waals surface area contributed by atoms with Gasteiger partial charge in [-0.25, -0.2) is 4.98 Å². The van der Waals surface area contributed by atoms with Crippen molar-refractivity contribution in [3.8, 4) is 5.75 Å². The third-order valence-electron chi connectivity index (χ3n) is 2.71. The summed E-state index contributed by atoms with van der Waals surface area (Å²) in [7, 11) is 1.40. The molecule has 1 aromatic heterocycles. The second-order valence-corrected chi connectivity index (χ2v) is 4.06. The number of aryl methyl sites for hydroxylation is 1. The number of aromatic amines is 1. The molecule has 9 heteroatoms. The third kappa shape index (κ3) is 3.14. The summed E-state index contributed by atoms with van der Waals surface area (Å²) in [6.07, 6.45) is 0.612. The minimum absolute atomic E-state index is 0.0413. The van der Waals surface area contributed by atoms with E-state index in [1.165, 1.54) is 25.3 Å². The number of H-pyrrole nitrogens is 1. The van der Waals surface area contributed by atoms with Gasteiger partial charge in [-0.2, -0.15) is 0 Å². The fourth-order valence-corrected chi connectivity index (χ4v) is 1.64. The van der Waals surface area contributed by atoms with Crippen LogP contribution in [-0.4, -0.2) is 33.1 Å². The monoisotopic (exact) mass is 291 g/mol. The number of amides is 1. The average Bonchev–Trinajstić information content (AvgIpc) is 2.96. The molecule has 0 fully saturated rings. The number of rotatable bonds is 5. The Morgan fingerprint density at radius 2 is 2.29 bits per heavy atom. The van der Waals surface area contributed by atoms with Gasteiger partial charge in [0, 0.05) is 18.6 Å². The highest BCUT2D eigenvalue weighted by Gasteiger charge is 2.17. The van der Waals surface area contributed by atoms with Crippen LogP contribution in [0.15, 0.2) is 18.2 Å². The van der Waals surface area contributed by atoms with Crippen LogP contribution in [0.4, 0.5) is 11.4 Å². The van der Waals surface area contributed by atoms with Crippen molar-refractivity contribution in [3.05, 3.63) is 40.0 Å². The van der Waals surface area contributed by atoms with Crippen LogP contribution in [0.5, 0.6) is 5.75 Å². The molecule has 110 valence electrons. The molecule has 0 aliphatic heterocycles. The summed E-state index contributed by atoms with van der Waals surface area (Å²) in [5.74, 6) is 0.261. The van der Waals surface area contributed by atoms with Crippen molar-refractivity contribution in [2.45, 2.75) is 13.3 Å². The van der Waals surface area contributed by atoms with Gasteiger partial charge in [0.1, 0.15) is 11.6 Å².